The third kappa shape index (κ3) is 4.02. The van der Waals surface area contributed by atoms with Crippen molar-refractivity contribution >= 4 is 5.91 Å². The van der Waals surface area contributed by atoms with Gasteiger partial charge in [0, 0.05) is 31.9 Å². The van der Waals surface area contributed by atoms with Gasteiger partial charge in [0.1, 0.15) is 0 Å². The van der Waals surface area contributed by atoms with E-state index < -0.39 is 0 Å². The molecule has 0 fully saturated rings. The van der Waals surface area contributed by atoms with Crippen molar-refractivity contribution in [2.75, 3.05) is 6.54 Å². The molecule has 1 atom stereocenters. The Bertz CT molecular complexity index is 334. The zero-order valence-electron chi connectivity index (χ0n) is 10.2. The molecule has 1 rings (SSSR count). The lowest BCUT2D eigenvalue weighted by Gasteiger charge is -2.12. The molecule has 0 saturated heterocycles. The molecule has 1 aromatic heterocycles. The Balaban J connectivity index is 2.29. The highest BCUT2D eigenvalue weighted by Crippen LogP contribution is 1.96. The lowest BCUT2D eigenvalue weighted by Crippen LogP contribution is -2.42. The van der Waals surface area contributed by atoms with Crippen LogP contribution in [0.15, 0.2) is 12.4 Å². The average Bonchev–Trinajstić information content (AvgIpc) is 2.68. The summed E-state index contributed by atoms with van der Waals surface area (Å²) in [6.45, 7) is 5.29. The van der Waals surface area contributed by atoms with E-state index in [4.69, 9.17) is 0 Å². The SMILES string of the molecule is CCCNC(=O)C(C)NCc1cnn(C)c1. The van der Waals surface area contributed by atoms with E-state index in [9.17, 15) is 4.79 Å². The molecule has 16 heavy (non-hydrogen) atoms. The minimum atomic E-state index is -0.174. The fraction of sp³-hybridized carbons (Fsp3) is 0.636. The topological polar surface area (TPSA) is 59.0 Å². The van der Waals surface area contributed by atoms with Crippen molar-refractivity contribution in [1.29, 1.82) is 0 Å². The first-order valence-corrected chi connectivity index (χ1v) is 5.62. The molecular formula is C11H20N4O. The summed E-state index contributed by atoms with van der Waals surface area (Å²) in [6, 6.07) is -0.174. The molecule has 1 amide bonds. The Kier molecular flexibility index (Phi) is 4.98. The van der Waals surface area contributed by atoms with Crippen LogP contribution in [-0.4, -0.2) is 28.3 Å². The minimum absolute atomic E-state index is 0.0470. The molecule has 1 aromatic rings. The van der Waals surface area contributed by atoms with E-state index in [0.717, 1.165) is 18.5 Å². The summed E-state index contributed by atoms with van der Waals surface area (Å²) >= 11 is 0. The normalized spacial score (nSPS) is 12.4. The Labute approximate surface area is 96.2 Å². The van der Waals surface area contributed by atoms with E-state index in [1.54, 1.807) is 10.9 Å². The van der Waals surface area contributed by atoms with Gasteiger partial charge in [-0.3, -0.25) is 9.48 Å². The fourth-order valence-corrected chi connectivity index (χ4v) is 1.33. The van der Waals surface area contributed by atoms with Gasteiger partial charge in [-0.2, -0.15) is 5.10 Å². The molecule has 0 spiro atoms. The van der Waals surface area contributed by atoms with E-state index in [2.05, 4.69) is 15.7 Å². The number of aromatic nitrogens is 2. The third-order valence-corrected chi connectivity index (χ3v) is 2.31. The van der Waals surface area contributed by atoms with Gasteiger partial charge in [0.25, 0.3) is 0 Å². The molecule has 1 unspecified atom stereocenters. The van der Waals surface area contributed by atoms with Crippen LogP contribution in [0, 0.1) is 0 Å². The molecule has 0 bridgehead atoms. The first-order valence-electron chi connectivity index (χ1n) is 5.62. The number of carbonyl (C=O) groups is 1. The first kappa shape index (κ1) is 12.7. The number of nitrogens with zero attached hydrogens (tertiary/aromatic N) is 2. The lowest BCUT2D eigenvalue weighted by atomic mass is 10.2. The highest BCUT2D eigenvalue weighted by atomic mass is 16.2. The molecule has 0 aromatic carbocycles. The van der Waals surface area contributed by atoms with Gasteiger partial charge in [0.05, 0.1) is 12.2 Å². The average molecular weight is 224 g/mol. The van der Waals surface area contributed by atoms with Gasteiger partial charge in [-0.05, 0) is 13.3 Å². The molecule has 0 aliphatic carbocycles. The van der Waals surface area contributed by atoms with Crippen LogP contribution in [0.4, 0.5) is 0 Å². The van der Waals surface area contributed by atoms with Gasteiger partial charge < -0.3 is 10.6 Å². The van der Waals surface area contributed by atoms with E-state index in [1.165, 1.54) is 0 Å². The number of hydrogen-bond acceptors (Lipinski definition) is 3. The van der Waals surface area contributed by atoms with Crippen LogP contribution < -0.4 is 10.6 Å². The minimum Gasteiger partial charge on any atom is -0.355 e. The number of carbonyl (C=O) groups excluding carboxylic acids is 1. The van der Waals surface area contributed by atoms with E-state index in [-0.39, 0.29) is 11.9 Å². The summed E-state index contributed by atoms with van der Waals surface area (Å²) < 4.78 is 1.75. The Hall–Kier alpha value is -1.36. The maximum Gasteiger partial charge on any atom is 0.236 e. The molecule has 0 saturated carbocycles. The molecule has 5 nitrogen and oxygen atoms in total. The summed E-state index contributed by atoms with van der Waals surface area (Å²) in [6.07, 6.45) is 4.69. The van der Waals surface area contributed by atoms with Crippen LogP contribution in [0.1, 0.15) is 25.8 Å². The highest BCUT2D eigenvalue weighted by Gasteiger charge is 2.10. The Morgan fingerprint density at radius 2 is 2.38 bits per heavy atom. The Morgan fingerprint density at radius 1 is 1.62 bits per heavy atom. The molecular weight excluding hydrogens is 204 g/mol. The van der Waals surface area contributed by atoms with Gasteiger partial charge in [0.15, 0.2) is 0 Å². The maximum atomic E-state index is 11.5. The van der Waals surface area contributed by atoms with Crippen molar-refractivity contribution in [1.82, 2.24) is 20.4 Å². The monoisotopic (exact) mass is 224 g/mol. The van der Waals surface area contributed by atoms with E-state index in [0.29, 0.717) is 6.54 Å². The van der Waals surface area contributed by atoms with Crippen molar-refractivity contribution in [3.05, 3.63) is 18.0 Å². The largest absolute Gasteiger partial charge is 0.355 e. The predicted molar refractivity (Wildman–Crippen MR) is 62.8 cm³/mol. The van der Waals surface area contributed by atoms with Crippen LogP contribution in [0.5, 0.6) is 0 Å². The van der Waals surface area contributed by atoms with E-state index >= 15 is 0 Å². The first-order chi connectivity index (χ1) is 7.63. The number of amides is 1. The molecule has 1 heterocycles. The van der Waals surface area contributed by atoms with Gasteiger partial charge >= 0.3 is 0 Å². The summed E-state index contributed by atoms with van der Waals surface area (Å²) in [5, 5.41) is 10.1. The smallest absolute Gasteiger partial charge is 0.236 e. The van der Waals surface area contributed by atoms with Gasteiger partial charge in [0.2, 0.25) is 5.91 Å². The van der Waals surface area contributed by atoms with Gasteiger partial charge in [-0.15, -0.1) is 0 Å². The van der Waals surface area contributed by atoms with Crippen LogP contribution in [-0.2, 0) is 18.4 Å². The number of aryl methyl sites for hydroxylation is 1. The van der Waals surface area contributed by atoms with E-state index in [1.807, 2.05) is 27.1 Å². The predicted octanol–water partition coefficient (Wildman–Crippen LogP) is 0.424. The second-order valence-electron chi connectivity index (χ2n) is 3.92. The van der Waals surface area contributed by atoms with Crippen molar-refractivity contribution in [3.63, 3.8) is 0 Å². The molecule has 0 radical (unpaired) electrons. The van der Waals surface area contributed by atoms with Gasteiger partial charge in [-0.1, -0.05) is 6.92 Å². The van der Waals surface area contributed by atoms with Crippen LogP contribution in [0.25, 0.3) is 0 Å². The summed E-state index contributed by atoms with van der Waals surface area (Å²) in [4.78, 5) is 11.5. The molecule has 0 aliphatic heterocycles. The van der Waals surface area contributed by atoms with Crippen molar-refractivity contribution in [2.24, 2.45) is 7.05 Å². The van der Waals surface area contributed by atoms with Crippen LogP contribution in [0.3, 0.4) is 0 Å². The van der Waals surface area contributed by atoms with Crippen LogP contribution >= 0.6 is 0 Å². The lowest BCUT2D eigenvalue weighted by molar-refractivity contribution is -0.122. The third-order valence-electron chi connectivity index (χ3n) is 2.31. The molecule has 5 heteroatoms. The fourth-order valence-electron chi connectivity index (χ4n) is 1.33. The number of nitrogens with one attached hydrogen (secondary N) is 2. The summed E-state index contributed by atoms with van der Waals surface area (Å²) in [7, 11) is 1.88. The quantitative estimate of drug-likeness (QED) is 0.736. The maximum absolute atomic E-state index is 11.5. The standard InChI is InChI=1S/C11H20N4O/c1-4-5-12-11(16)9(2)13-6-10-7-14-15(3)8-10/h7-9,13H,4-6H2,1-3H3,(H,12,16). The molecule has 0 aliphatic rings. The summed E-state index contributed by atoms with van der Waals surface area (Å²) in [5.41, 5.74) is 1.08. The van der Waals surface area contributed by atoms with Gasteiger partial charge in [-0.25, -0.2) is 0 Å². The Morgan fingerprint density at radius 3 is 2.94 bits per heavy atom. The van der Waals surface area contributed by atoms with Crippen molar-refractivity contribution < 1.29 is 4.79 Å². The second-order valence-corrected chi connectivity index (χ2v) is 3.92. The highest BCUT2D eigenvalue weighted by molar-refractivity contribution is 5.81. The second kappa shape index (κ2) is 6.27. The zero-order valence-corrected chi connectivity index (χ0v) is 10.2. The summed E-state index contributed by atoms with van der Waals surface area (Å²) in [5.74, 6) is 0.0470. The number of rotatable bonds is 6. The van der Waals surface area contributed by atoms with Crippen LogP contribution in [0.2, 0.25) is 0 Å². The molecule has 2 N–H and O–H groups in total. The van der Waals surface area contributed by atoms with Crippen molar-refractivity contribution in [3.8, 4) is 0 Å². The number of hydrogen-bond donors (Lipinski definition) is 2. The molecule has 90 valence electrons. The van der Waals surface area contributed by atoms with Crippen molar-refractivity contribution in [2.45, 2.75) is 32.9 Å². The zero-order chi connectivity index (χ0) is 12.0.